The van der Waals surface area contributed by atoms with E-state index in [-0.39, 0.29) is 6.61 Å². The number of hydrogen-bond acceptors (Lipinski definition) is 6. The molecule has 2 aliphatic heterocycles. The highest BCUT2D eigenvalue weighted by atomic mass is 32.2. The lowest BCUT2D eigenvalue weighted by atomic mass is 9.91. The fraction of sp³-hybridized carbons (Fsp3) is 0.455. The van der Waals surface area contributed by atoms with Crippen molar-refractivity contribution in [2.45, 2.75) is 54.9 Å². The number of aliphatic hydroxyl groups is 4. The minimum absolute atomic E-state index is 0.306. The molecule has 150 valence electrons. The second-order valence-electron chi connectivity index (χ2n) is 7.56. The molecule has 2 heterocycles. The van der Waals surface area contributed by atoms with Gasteiger partial charge in [0.2, 0.25) is 0 Å². The van der Waals surface area contributed by atoms with Gasteiger partial charge >= 0.3 is 0 Å². The van der Waals surface area contributed by atoms with E-state index in [0.29, 0.717) is 6.61 Å². The third-order valence-corrected chi connectivity index (χ3v) is 7.44. The molecule has 1 spiro atoms. The standard InChI is InChI=1S/C22H26O5S/c1-2-13-3-5-14(6-4-13)9-15-7-8-16-12-27-22(17(16)10-15)21(26)20(25)19(24)18(11-23)28-22/h3-8,10,18-21,23-26H,2,9,11-12H2,1H3/t18?,19-,20-,21?,22-/m1/s1. The molecule has 0 aliphatic carbocycles. The van der Waals surface area contributed by atoms with Crippen LogP contribution in [0.3, 0.4) is 0 Å². The summed E-state index contributed by atoms with van der Waals surface area (Å²) in [7, 11) is 0. The van der Waals surface area contributed by atoms with E-state index in [4.69, 9.17) is 4.74 Å². The number of aryl methyl sites for hydroxylation is 1. The molecule has 1 saturated heterocycles. The smallest absolute Gasteiger partial charge is 0.168 e. The van der Waals surface area contributed by atoms with Crippen LogP contribution in [0, 0.1) is 0 Å². The Labute approximate surface area is 169 Å². The van der Waals surface area contributed by atoms with Crippen LogP contribution in [0.25, 0.3) is 0 Å². The summed E-state index contributed by atoms with van der Waals surface area (Å²) < 4.78 is 5.98. The van der Waals surface area contributed by atoms with Crippen LogP contribution >= 0.6 is 11.8 Å². The normalized spacial score (nSPS) is 31.9. The maximum atomic E-state index is 10.8. The first-order valence-corrected chi connectivity index (χ1v) is 10.5. The molecule has 0 saturated carbocycles. The number of fused-ring (bicyclic) bond motifs is 2. The fourth-order valence-electron chi connectivity index (χ4n) is 4.06. The molecule has 4 N–H and O–H groups in total. The second kappa shape index (κ2) is 7.78. The molecule has 0 aromatic heterocycles. The first-order chi connectivity index (χ1) is 13.5. The van der Waals surface area contributed by atoms with Gasteiger partial charge in [0.05, 0.1) is 24.6 Å². The van der Waals surface area contributed by atoms with Crippen LogP contribution in [-0.2, 0) is 29.1 Å². The van der Waals surface area contributed by atoms with Gasteiger partial charge in [-0.2, -0.15) is 0 Å². The molecule has 6 heteroatoms. The molecular formula is C22H26O5S. The highest BCUT2D eigenvalue weighted by Crippen LogP contribution is 2.54. The Hall–Kier alpha value is -1.41. The molecule has 0 bridgehead atoms. The second-order valence-corrected chi connectivity index (χ2v) is 9.01. The SMILES string of the molecule is CCc1ccc(Cc2ccc3c(c2)[C@@]2(OC3)SC(CO)[C@@H](O)[C@@H](O)C2O)cc1. The molecule has 0 radical (unpaired) electrons. The van der Waals surface area contributed by atoms with Crippen molar-refractivity contribution in [2.24, 2.45) is 0 Å². The molecule has 2 unspecified atom stereocenters. The van der Waals surface area contributed by atoms with Crippen molar-refractivity contribution >= 4 is 11.8 Å². The van der Waals surface area contributed by atoms with Crippen LogP contribution < -0.4 is 0 Å². The van der Waals surface area contributed by atoms with Crippen LogP contribution in [0.15, 0.2) is 42.5 Å². The first kappa shape index (κ1) is 19.9. The monoisotopic (exact) mass is 402 g/mol. The summed E-state index contributed by atoms with van der Waals surface area (Å²) in [5, 5.41) is 40.2. The predicted octanol–water partition coefficient (Wildman–Crippen LogP) is 1.71. The largest absolute Gasteiger partial charge is 0.395 e. The van der Waals surface area contributed by atoms with Gasteiger partial charge in [-0.15, -0.1) is 11.8 Å². The Bertz CT molecular complexity index is 837. The number of thioether (sulfide) groups is 1. The lowest BCUT2D eigenvalue weighted by Gasteiger charge is -2.45. The Morgan fingerprint density at radius 1 is 1.00 bits per heavy atom. The Kier molecular flexibility index (Phi) is 5.53. The summed E-state index contributed by atoms with van der Waals surface area (Å²) in [6.07, 6.45) is -2.11. The van der Waals surface area contributed by atoms with E-state index in [9.17, 15) is 20.4 Å². The predicted molar refractivity (Wildman–Crippen MR) is 108 cm³/mol. The quantitative estimate of drug-likeness (QED) is 0.623. The zero-order valence-corrected chi connectivity index (χ0v) is 16.6. The van der Waals surface area contributed by atoms with E-state index >= 15 is 0 Å². The summed E-state index contributed by atoms with van der Waals surface area (Å²) in [4.78, 5) is -1.18. The molecule has 1 fully saturated rings. The van der Waals surface area contributed by atoms with Crippen molar-refractivity contribution in [1.82, 2.24) is 0 Å². The number of rotatable bonds is 4. The average Bonchev–Trinajstić information content (AvgIpc) is 3.08. The minimum Gasteiger partial charge on any atom is -0.395 e. The first-order valence-electron chi connectivity index (χ1n) is 9.65. The Balaban J connectivity index is 1.66. The molecule has 4 rings (SSSR count). The van der Waals surface area contributed by atoms with Gasteiger partial charge < -0.3 is 25.2 Å². The van der Waals surface area contributed by atoms with E-state index in [1.165, 1.54) is 22.9 Å². The number of aliphatic hydroxyl groups excluding tert-OH is 4. The van der Waals surface area contributed by atoms with Gasteiger partial charge in [-0.05, 0) is 35.1 Å². The summed E-state index contributed by atoms with van der Waals surface area (Å²) in [6.45, 7) is 2.15. The maximum Gasteiger partial charge on any atom is 0.168 e. The zero-order valence-electron chi connectivity index (χ0n) is 15.8. The van der Waals surface area contributed by atoms with Gasteiger partial charge in [0, 0.05) is 5.56 Å². The van der Waals surface area contributed by atoms with Crippen LogP contribution in [0.4, 0.5) is 0 Å². The van der Waals surface area contributed by atoms with Crippen LogP contribution in [-0.4, -0.2) is 50.6 Å². The molecule has 2 aromatic rings. The maximum absolute atomic E-state index is 10.8. The Morgan fingerprint density at radius 3 is 2.36 bits per heavy atom. The number of benzene rings is 2. The fourth-order valence-corrected chi connectivity index (χ4v) is 5.61. The highest BCUT2D eigenvalue weighted by Gasteiger charge is 2.57. The van der Waals surface area contributed by atoms with Crippen LogP contribution in [0.2, 0.25) is 0 Å². The van der Waals surface area contributed by atoms with Crippen molar-refractivity contribution in [3.05, 3.63) is 70.3 Å². The van der Waals surface area contributed by atoms with Gasteiger partial charge in [0.1, 0.15) is 12.2 Å². The molecule has 2 aliphatic rings. The van der Waals surface area contributed by atoms with Gasteiger partial charge in [0.25, 0.3) is 0 Å². The topological polar surface area (TPSA) is 90.2 Å². The molecule has 5 atom stereocenters. The average molecular weight is 403 g/mol. The van der Waals surface area contributed by atoms with Gasteiger partial charge in [-0.3, -0.25) is 0 Å². The van der Waals surface area contributed by atoms with Crippen molar-refractivity contribution in [1.29, 1.82) is 0 Å². The van der Waals surface area contributed by atoms with E-state index in [1.807, 2.05) is 12.1 Å². The van der Waals surface area contributed by atoms with E-state index in [2.05, 4.69) is 37.3 Å². The van der Waals surface area contributed by atoms with Crippen molar-refractivity contribution in [2.75, 3.05) is 6.61 Å². The lowest BCUT2D eigenvalue weighted by molar-refractivity contribution is -0.147. The highest BCUT2D eigenvalue weighted by molar-refractivity contribution is 8.00. The molecule has 0 amide bonds. The number of ether oxygens (including phenoxy) is 1. The third kappa shape index (κ3) is 3.28. The van der Waals surface area contributed by atoms with Crippen molar-refractivity contribution in [3.8, 4) is 0 Å². The summed E-state index contributed by atoms with van der Waals surface area (Å²) in [5.41, 5.74) is 5.36. The van der Waals surface area contributed by atoms with Gasteiger partial charge in [0.15, 0.2) is 4.93 Å². The molecule has 2 aromatic carbocycles. The van der Waals surface area contributed by atoms with E-state index in [1.54, 1.807) is 0 Å². The lowest BCUT2D eigenvalue weighted by Crippen LogP contribution is -2.58. The summed E-state index contributed by atoms with van der Waals surface area (Å²) in [5.74, 6) is 0. The Morgan fingerprint density at radius 2 is 1.68 bits per heavy atom. The molecule has 5 nitrogen and oxygen atoms in total. The molecule has 28 heavy (non-hydrogen) atoms. The zero-order chi connectivity index (χ0) is 19.9. The van der Waals surface area contributed by atoms with E-state index < -0.39 is 28.5 Å². The minimum atomic E-state index is -1.38. The number of hydrogen-bond donors (Lipinski definition) is 4. The van der Waals surface area contributed by atoms with Crippen LogP contribution in [0.5, 0.6) is 0 Å². The molecular weight excluding hydrogens is 376 g/mol. The summed E-state index contributed by atoms with van der Waals surface area (Å²) >= 11 is 1.19. The van der Waals surface area contributed by atoms with Gasteiger partial charge in [-0.25, -0.2) is 0 Å². The van der Waals surface area contributed by atoms with Crippen LogP contribution in [0.1, 0.15) is 34.7 Å². The van der Waals surface area contributed by atoms with Gasteiger partial charge in [-0.1, -0.05) is 49.4 Å². The van der Waals surface area contributed by atoms with E-state index in [0.717, 1.165) is 29.5 Å². The van der Waals surface area contributed by atoms with Crippen molar-refractivity contribution in [3.63, 3.8) is 0 Å². The van der Waals surface area contributed by atoms with Crippen molar-refractivity contribution < 1.29 is 25.2 Å². The summed E-state index contributed by atoms with van der Waals surface area (Å²) in [6, 6.07) is 14.6. The third-order valence-electron chi connectivity index (χ3n) is 5.78.